The molecule has 0 bridgehead atoms. The third-order valence-corrected chi connectivity index (χ3v) is 4.76. The van der Waals surface area contributed by atoms with Gasteiger partial charge in [0.25, 0.3) is 0 Å². The Morgan fingerprint density at radius 1 is 1.39 bits per heavy atom. The van der Waals surface area contributed by atoms with Gasteiger partial charge in [-0.25, -0.2) is 0 Å². The molecule has 2 saturated heterocycles. The number of halogens is 3. The Hall–Kier alpha value is -0.590. The second-order valence-electron chi connectivity index (χ2n) is 5.44. The molecule has 2 nitrogen and oxygen atoms in total. The van der Waals surface area contributed by atoms with Gasteiger partial charge in [-0.3, -0.25) is 4.90 Å². The Labute approximate surface area is 108 Å². The highest BCUT2D eigenvalue weighted by molar-refractivity contribution is 7.12. The van der Waals surface area contributed by atoms with Crippen LogP contribution in [0.3, 0.4) is 0 Å². The van der Waals surface area contributed by atoms with Crippen molar-refractivity contribution in [3.05, 3.63) is 21.4 Å². The van der Waals surface area contributed by atoms with Crippen LogP contribution in [0, 0.1) is 12.3 Å². The molecule has 0 radical (unpaired) electrons. The lowest BCUT2D eigenvalue weighted by Crippen LogP contribution is -2.70. The number of hydrogen-bond donors (Lipinski definition) is 1. The van der Waals surface area contributed by atoms with Gasteiger partial charge >= 0.3 is 6.18 Å². The average Bonchev–Trinajstić information content (AvgIpc) is 2.48. The molecule has 1 N–H and O–H groups in total. The van der Waals surface area contributed by atoms with Crippen molar-refractivity contribution in [2.75, 3.05) is 26.2 Å². The van der Waals surface area contributed by atoms with E-state index in [1.54, 1.807) is 6.92 Å². The molecule has 3 heterocycles. The Kier molecular flexibility index (Phi) is 2.73. The van der Waals surface area contributed by atoms with Gasteiger partial charge in [-0.05, 0) is 13.0 Å². The summed E-state index contributed by atoms with van der Waals surface area (Å²) in [5.74, 6) is 0. The molecule has 0 amide bonds. The highest BCUT2D eigenvalue weighted by atomic mass is 32.1. The van der Waals surface area contributed by atoms with Crippen LogP contribution in [0.15, 0.2) is 6.07 Å². The number of nitrogens with one attached hydrogen (secondary N) is 1. The normalized spacial score (nSPS) is 22.9. The molecule has 6 heteroatoms. The fourth-order valence-corrected chi connectivity index (χ4v) is 3.94. The van der Waals surface area contributed by atoms with Crippen molar-refractivity contribution in [3.8, 4) is 0 Å². The first-order valence-corrected chi connectivity index (χ1v) is 6.79. The molecule has 0 atom stereocenters. The predicted octanol–water partition coefficient (Wildman–Crippen LogP) is 2.48. The third kappa shape index (κ3) is 2.06. The van der Waals surface area contributed by atoms with Crippen LogP contribution in [-0.2, 0) is 12.7 Å². The minimum absolute atomic E-state index is 0.366. The maximum atomic E-state index is 12.8. The zero-order valence-corrected chi connectivity index (χ0v) is 10.9. The van der Waals surface area contributed by atoms with Crippen molar-refractivity contribution >= 4 is 11.3 Å². The van der Waals surface area contributed by atoms with E-state index in [9.17, 15) is 13.2 Å². The smallest absolute Gasteiger partial charge is 0.315 e. The first-order chi connectivity index (χ1) is 8.38. The highest BCUT2D eigenvalue weighted by Crippen LogP contribution is 2.40. The van der Waals surface area contributed by atoms with Crippen LogP contribution in [0.4, 0.5) is 13.2 Å². The van der Waals surface area contributed by atoms with Crippen LogP contribution in [0.1, 0.15) is 15.3 Å². The van der Waals surface area contributed by atoms with E-state index < -0.39 is 11.7 Å². The van der Waals surface area contributed by atoms with E-state index in [-0.39, 0.29) is 0 Å². The SMILES string of the molecule is Cc1cc(C(F)(F)F)c(CN2CC3(CNC3)C2)s1. The van der Waals surface area contributed by atoms with E-state index in [4.69, 9.17) is 0 Å². The Morgan fingerprint density at radius 2 is 2.06 bits per heavy atom. The lowest BCUT2D eigenvalue weighted by Gasteiger charge is -2.56. The van der Waals surface area contributed by atoms with Crippen molar-refractivity contribution in [2.45, 2.75) is 19.6 Å². The van der Waals surface area contributed by atoms with Crippen LogP contribution < -0.4 is 5.32 Å². The van der Waals surface area contributed by atoms with E-state index in [1.165, 1.54) is 17.4 Å². The van der Waals surface area contributed by atoms with Gasteiger partial charge in [0, 0.05) is 47.9 Å². The summed E-state index contributed by atoms with van der Waals surface area (Å²) < 4.78 is 38.5. The van der Waals surface area contributed by atoms with Crippen LogP contribution >= 0.6 is 11.3 Å². The Balaban J connectivity index is 1.69. The molecule has 1 aromatic rings. The summed E-state index contributed by atoms with van der Waals surface area (Å²) >= 11 is 1.27. The second-order valence-corrected chi connectivity index (χ2v) is 6.78. The van der Waals surface area contributed by atoms with Crippen molar-refractivity contribution in [2.24, 2.45) is 5.41 Å². The number of rotatable bonds is 2. The Bertz CT molecular complexity index is 454. The number of likely N-dealkylation sites (tertiary alicyclic amines) is 1. The van der Waals surface area contributed by atoms with E-state index in [1.807, 2.05) is 0 Å². The largest absolute Gasteiger partial charge is 0.417 e. The third-order valence-electron chi connectivity index (χ3n) is 3.72. The predicted molar refractivity (Wildman–Crippen MR) is 64.6 cm³/mol. The van der Waals surface area contributed by atoms with E-state index >= 15 is 0 Å². The van der Waals surface area contributed by atoms with Gasteiger partial charge in [-0.2, -0.15) is 13.2 Å². The number of alkyl halides is 3. The molecule has 0 unspecified atom stereocenters. The van der Waals surface area contributed by atoms with Gasteiger partial charge in [0.1, 0.15) is 0 Å². The lowest BCUT2D eigenvalue weighted by atomic mass is 9.74. The zero-order chi connectivity index (χ0) is 13.0. The van der Waals surface area contributed by atoms with Crippen LogP contribution in [0.2, 0.25) is 0 Å². The van der Waals surface area contributed by atoms with Crippen LogP contribution in [0.25, 0.3) is 0 Å². The molecule has 18 heavy (non-hydrogen) atoms. The van der Waals surface area contributed by atoms with Gasteiger partial charge in [0.15, 0.2) is 0 Å². The molecule has 2 fully saturated rings. The van der Waals surface area contributed by atoms with Gasteiger partial charge in [-0.1, -0.05) is 0 Å². The van der Waals surface area contributed by atoms with Crippen molar-refractivity contribution in [3.63, 3.8) is 0 Å². The fraction of sp³-hybridized carbons (Fsp3) is 0.667. The molecule has 1 spiro atoms. The fourth-order valence-electron chi connectivity index (χ4n) is 2.84. The number of thiophene rings is 1. The minimum Gasteiger partial charge on any atom is -0.315 e. The number of nitrogens with zero attached hydrogens (tertiary/aromatic N) is 1. The first kappa shape index (κ1) is 12.4. The maximum absolute atomic E-state index is 12.8. The molecule has 1 aromatic heterocycles. The quantitative estimate of drug-likeness (QED) is 0.892. The molecule has 2 aliphatic rings. The highest BCUT2D eigenvalue weighted by Gasteiger charge is 2.47. The lowest BCUT2D eigenvalue weighted by molar-refractivity contribution is -0.138. The van der Waals surface area contributed by atoms with Crippen molar-refractivity contribution < 1.29 is 13.2 Å². The first-order valence-electron chi connectivity index (χ1n) is 5.98. The van der Waals surface area contributed by atoms with E-state index in [2.05, 4.69) is 10.2 Å². The molecule has 2 aliphatic heterocycles. The average molecular weight is 276 g/mol. The molecule has 0 saturated carbocycles. The number of hydrogen-bond acceptors (Lipinski definition) is 3. The minimum atomic E-state index is -4.22. The molecule has 0 aromatic carbocycles. The van der Waals surface area contributed by atoms with E-state index in [0.29, 0.717) is 16.8 Å². The van der Waals surface area contributed by atoms with Crippen LogP contribution in [-0.4, -0.2) is 31.1 Å². The topological polar surface area (TPSA) is 15.3 Å². The summed E-state index contributed by atoms with van der Waals surface area (Å²) in [5, 5.41) is 3.22. The van der Waals surface area contributed by atoms with Crippen LogP contribution in [0.5, 0.6) is 0 Å². The molecular formula is C12H15F3N2S. The summed E-state index contributed by atoms with van der Waals surface area (Å²) in [4.78, 5) is 3.31. The second kappa shape index (κ2) is 3.95. The van der Waals surface area contributed by atoms with Gasteiger partial charge in [-0.15, -0.1) is 11.3 Å². The maximum Gasteiger partial charge on any atom is 0.417 e. The standard InChI is InChI=1S/C12H15F3N2S/c1-8-2-9(12(13,14)15)10(18-8)3-17-6-11(7-17)4-16-5-11/h2,16H,3-7H2,1H3. The van der Waals surface area contributed by atoms with Crippen molar-refractivity contribution in [1.29, 1.82) is 0 Å². The Morgan fingerprint density at radius 3 is 2.56 bits per heavy atom. The molecule has 0 aliphatic carbocycles. The van der Waals surface area contributed by atoms with Crippen molar-refractivity contribution in [1.82, 2.24) is 10.2 Å². The number of aryl methyl sites for hydroxylation is 1. The molecule has 100 valence electrons. The summed E-state index contributed by atoms with van der Waals surface area (Å²) in [5.41, 5.74) is -0.0808. The zero-order valence-electron chi connectivity index (χ0n) is 10.1. The van der Waals surface area contributed by atoms with Gasteiger partial charge in [0.05, 0.1) is 5.56 Å². The molecule has 3 rings (SSSR count). The summed E-state index contributed by atoms with van der Waals surface area (Å²) in [6.07, 6.45) is -4.22. The summed E-state index contributed by atoms with van der Waals surface area (Å²) in [7, 11) is 0. The monoisotopic (exact) mass is 276 g/mol. The summed E-state index contributed by atoms with van der Waals surface area (Å²) in [6.45, 7) is 6.05. The van der Waals surface area contributed by atoms with Gasteiger partial charge in [0.2, 0.25) is 0 Å². The van der Waals surface area contributed by atoms with E-state index in [0.717, 1.165) is 31.1 Å². The molecular weight excluding hydrogens is 261 g/mol. The summed E-state index contributed by atoms with van der Waals surface area (Å²) in [6, 6.07) is 1.26. The van der Waals surface area contributed by atoms with Gasteiger partial charge < -0.3 is 5.32 Å².